The van der Waals surface area contributed by atoms with E-state index in [0.29, 0.717) is 0 Å². The molecule has 2 atom stereocenters. The fourth-order valence-corrected chi connectivity index (χ4v) is 0.532. The first-order valence-corrected chi connectivity index (χ1v) is 2.24. The lowest BCUT2D eigenvalue weighted by atomic mass is 10.3. The first-order chi connectivity index (χ1) is 3.30. The zero-order chi connectivity index (χ0) is 5.28. The third kappa shape index (κ3) is 3.72. The van der Waals surface area contributed by atoms with Crippen LogP contribution < -0.4 is 0 Å². The van der Waals surface area contributed by atoms with Crippen LogP contribution in [0.3, 0.4) is 0 Å². The molecule has 0 amide bonds. The molecule has 0 aromatic rings. The molecule has 1 aliphatic rings. The highest BCUT2D eigenvalue weighted by molar-refractivity contribution is 4.71. The minimum atomic E-state index is -0.653. The molecular formula is C4H14O6. The first-order valence-electron chi connectivity index (χ1n) is 2.24. The molecule has 10 heavy (non-hydrogen) atoms. The molecular weight excluding hydrogens is 144 g/mol. The van der Waals surface area contributed by atoms with Gasteiger partial charge in [0.1, 0.15) is 12.2 Å². The average molecular weight is 158 g/mol. The number of rotatable bonds is 0. The van der Waals surface area contributed by atoms with Gasteiger partial charge in [-0.3, -0.25) is 0 Å². The molecule has 6 heteroatoms. The van der Waals surface area contributed by atoms with Gasteiger partial charge >= 0.3 is 0 Å². The van der Waals surface area contributed by atoms with E-state index in [2.05, 4.69) is 4.74 Å². The summed E-state index contributed by atoms with van der Waals surface area (Å²) in [6.07, 6.45) is -1.31. The quantitative estimate of drug-likeness (QED) is 0.373. The summed E-state index contributed by atoms with van der Waals surface area (Å²) in [6.45, 7) is 0.558. The van der Waals surface area contributed by atoms with Crippen molar-refractivity contribution in [3.63, 3.8) is 0 Å². The van der Waals surface area contributed by atoms with E-state index in [1.54, 1.807) is 0 Å². The largest absolute Gasteiger partial charge is 0.412 e. The summed E-state index contributed by atoms with van der Waals surface area (Å²) in [5, 5.41) is 17.2. The van der Waals surface area contributed by atoms with Gasteiger partial charge in [-0.2, -0.15) is 0 Å². The van der Waals surface area contributed by atoms with Crippen molar-refractivity contribution in [1.82, 2.24) is 0 Å². The topological polar surface area (TPSA) is 144 Å². The zero-order valence-corrected chi connectivity index (χ0v) is 5.37. The molecule has 66 valence electrons. The van der Waals surface area contributed by atoms with Crippen LogP contribution in [0, 0.1) is 0 Å². The SMILES string of the molecule is O.O.O.OC1COCC1O. The van der Waals surface area contributed by atoms with Gasteiger partial charge in [0.05, 0.1) is 13.2 Å². The molecule has 6 nitrogen and oxygen atoms in total. The van der Waals surface area contributed by atoms with E-state index in [-0.39, 0.29) is 29.6 Å². The van der Waals surface area contributed by atoms with Crippen molar-refractivity contribution in [2.75, 3.05) is 13.2 Å². The molecule has 1 fully saturated rings. The van der Waals surface area contributed by atoms with E-state index in [4.69, 9.17) is 10.2 Å². The summed E-state index contributed by atoms with van der Waals surface area (Å²) in [6, 6.07) is 0. The van der Waals surface area contributed by atoms with Gasteiger partial charge in [-0.1, -0.05) is 0 Å². The molecule has 0 aliphatic carbocycles. The molecule has 0 spiro atoms. The predicted octanol–water partition coefficient (Wildman–Crippen LogP) is -3.74. The van der Waals surface area contributed by atoms with Crippen LogP contribution >= 0.6 is 0 Å². The Labute approximate surface area is 58.0 Å². The van der Waals surface area contributed by atoms with Crippen molar-refractivity contribution in [2.24, 2.45) is 0 Å². The van der Waals surface area contributed by atoms with Crippen LogP contribution in [0.2, 0.25) is 0 Å². The van der Waals surface area contributed by atoms with Crippen LogP contribution in [-0.4, -0.2) is 52.1 Å². The Morgan fingerprint density at radius 3 is 1.30 bits per heavy atom. The maximum atomic E-state index is 8.62. The predicted molar refractivity (Wildman–Crippen MR) is 33.7 cm³/mol. The maximum absolute atomic E-state index is 8.62. The highest BCUT2D eigenvalue weighted by atomic mass is 16.5. The Bertz CT molecular complexity index is 58.8. The summed E-state index contributed by atoms with van der Waals surface area (Å²) in [5.41, 5.74) is 0. The Morgan fingerprint density at radius 2 is 1.20 bits per heavy atom. The van der Waals surface area contributed by atoms with Gasteiger partial charge < -0.3 is 31.4 Å². The molecule has 8 N–H and O–H groups in total. The summed E-state index contributed by atoms with van der Waals surface area (Å²) < 4.78 is 4.67. The average Bonchev–Trinajstić information content (AvgIpc) is 1.91. The van der Waals surface area contributed by atoms with Crippen LogP contribution in [0.25, 0.3) is 0 Å². The fourth-order valence-electron chi connectivity index (χ4n) is 0.532. The number of ether oxygens (including phenoxy) is 1. The molecule has 1 heterocycles. The van der Waals surface area contributed by atoms with Gasteiger partial charge in [-0.05, 0) is 0 Å². The second-order valence-electron chi connectivity index (χ2n) is 1.67. The van der Waals surface area contributed by atoms with Gasteiger partial charge in [-0.15, -0.1) is 0 Å². The molecule has 0 bridgehead atoms. The van der Waals surface area contributed by atoms with E-state index in [1.165, 1.54) is 0 Å². The third-order valence-corrected chi connectivity index (χ3v) is 1.02. The van der Waals surface area contributed by atoms with Gasteiger partial charge in [0.15, 0.2) is 0 Å². The minimum Gasteiger partial charge on any atom is -0.412 e. The van der Waals surface area contributed by atoms with Gasteiger partial charge in [0.25, 0.3) is 0 Å². The Balaban J connectivity index is -0.000000163. The molecule has 1 saturated heterocycles. The molecule has 2 unspecified atom stereocenters. The number of aliphatic hydroxyl groups excluding tert-OH is 2. The lowest BCUT2D eigenvalue weighted by Crippen LogP contribution is -2.22. The molecule has 0 aromatic heterocycles. The lowest BCUT2D eigenvalue weighted by molar-refractivity contribution is 0.0572. The van der Waals surface area contributed by atoms with Crippen molar-refractivity contribution in [3.05, 3.63) is 0 Å². The second-order valence-corrected chi connectivity index (χ2v) is 1.67. The van der Waals surface area contributed by atoms with Crippen molar-refractivity contribution in [1.29, 1.82) is 0 Å². The Hall–Kier alpha value is -0.240. The standard InChI is InChI=1S/C4H8O3.3H2O/c5-3-1-7-2-4(3)6;;;/h3-6H,1-2H2;3*1H2. The van der Waals surface area contributed by atoms with Crippen LogP contribution in [0.1, 0.15) is 0 Å². The van der Waals surface area contributed by atoms with Gasteiger partial charge in [0, 0.05) is 0 Å². The van der Waals surface area contributed by atoms with Crippen LogP contribution in [0.15, 0.2) is 0 Å². The smallest absolute Gasteiger partial charge is 0.105 e. The summed E-state index contributed by atoms with van der Waals surface area (Å²) >= 11 is 0. The molecule has 0 radical (unpaired) electrons. The van der Waals surface area contributed by atoms with Crippen molar-refractivity contribution in [3.8, 4) is 0 Å². The van der Waals surface area contributed by atoms with Crippen LogP contribution in [0.5, 0.6) is 0 Å². The number of hydrogen-bond acceptors (Lipinski definition) is 3. The second kappa shape index (κ2) is 6.87. The number of hydrogen-bond donors (Lipinski definition) is 2. The molecule has 0 aromatic carbocycles. The van der Waals surface area contributed by atoms with Crippen molar-refractivity contribution in [2.45, 2.75) is 12.2 Å². The normalized spacial score (nSPS) is 29.4. The van der Waals surface area contributed by atoms with Gasteiger partial charge in [0.2, 0.25) is 0 Å². The lowest BCUT2D eigenvalue weighted by Gasteiger charge is -2.00. The van der Waals surface area contributed by atoms with Crippen molar-refractivity contribution < 1.29 is 31.4 Å². The minimum absolute atomic E-state index is 0. The maximum Gasteiger partial charge on any atom is 0.105 e. The highest BCUT2D eigenvalue weighted by Gasteiger charge is 2.22. The summed E-state index contributed by atoms with van der Waals surface area (Å²) in [4.78, 5) is 0. The van der Waals surface area contributed by atoms with E-state index in [0.717, 1.165) is 0 Å². The monoisotopic (exact) mass is 158 g/mol. The van der Waals surface area contributed by atoms with E-state index in [1.807, 2.05) is 0 Å². The highest BCUT2D eigenvalue weighted by Crippen LogP contribution is 2.02. The Morgan fingerprint density at radius 1 is 0.900 bits per heavy atom. The molecule has 1 aliphatic heterocycles. The fraction of sp³-hybridized carbons (Fsp3) is 1.00. The zero-order valence-electron chi connectivity index (χ0n) is 5.37. The van der Waals surface area contributed by atoms with E-state index < -0.39 is 12.2 Å². The first kappa shape index (κ1) is 16.4. The van der Waals surface area contributed by atoms with E-state index >= 15 is 0 Å². The van der Waals surface area contributed by atoms with Crippen LogP contribution in [-0.2, 0) is 4.74 Å². The van der Waals surface area contributed by atoms with Gasteiger partial charge in [-0.25, -0.2) is 0 Å². The van der Waals surface area contributed by atoms with Crippen molar-refractivity contribution >= 4 is 0 Å². The third-order valence-electron chi connectivity index (χ3n) is 1.02. The number of aliphatic hydroxyl groups is 2. The van der Waals surface area contributed by atoms with E-state index in [9.17, 15) is 0 Å². The summed E-state index contributed by atoms with van der Waals surface area (Å²) in [5.74, 6) is 0. The molecule has 0 saturated carbocycles. The summed E-state index contributed by atoms with van der Waals surface area (Å²) in [7, 11) is 0. The van der Waals surface area contributed by atoms with Crippen LogP contribution in [0.4, 0.5) is 0 Å². The Kier molecular flexibility index (Phi) is 11.3. The molecule has 1 rings (SSSR count).